The minimum atomic E-state index is -0.328. The van der Waals surface area contributed by atoms with Gasteiger partial charge in [0.05, 0.1) is 25.5 Å². The summed E-state index contributed by atoms with van der Waals surface area (Å²) in [6.45, 7) is 2.92. The standard InChI is InChI=1S/C27H24ClN3O3/c1-3-34-21-14-10-18(11-15-21)26-23-24(17-8-12-20(33-2)13-9-17)29-30-25(23)27(32)31(26)16-19-6-4-5-7-22(19)28/h4-15,26H,3,16H2,1-2H3,(H,29,30). The Bertz CT molecular complexity index is 1320. The van der Waals surface area contributed by atoms with Crippen molar-refractivity contribution in [1.82, 2.24) is 15.1 Å². The molecule has 3 aromatic carbocycles. The van der Waals surface area contributed by atoms with E-state index in [1.807, 2.05) is 84.6 Å². The maximum atomic E-state index is 13.6. The summed E-state index contributed by atoms with van der Waals surface area (Å²) in [6, 6.07) is 22.8. The van der Waals surface area contributed by atoms with Gasteiger partial charge in [0.2, 0.25) is 0 Å². The lowest BCUT2D eigenvalue weighted by Crippen LogP contribution is -2.29. The van der Waals surface area contributed by atoms with Crippen LogP contribution in [0, 0.1) is 0 Å². The van der Waals surface area contributed by atoms with Crippen LogP contribution in [0.2, 0.25) is 5.02 Å². The fourth-order valence-electron chi connectivity index (χ4n) is 4.40. The zero-order valence-corrected chi connectivity index (χ0v) is 19.7. The molecule has 1 unspecified atom stereocenters. The number of nitrogens with zero attached hydrogens (tertiary/aromatic N) is 2. The average Bonchev–Trinajstić information content (AvgIpc) is 3.40. The van der Waals surface area contributed by atoms with E-state index in [1.165, 1.54) is 0 Å². The first kappa shape index (κ1) is 22.0. The quantitative estimate of drug-likeness (QED) is 0.364. The Hall–Kier alpha value is -3.77. The lowest BCUT2D eigenvalue weighted by atomic mass is 9.95. The van der Waals surface area contributed by atoms with E-state index < -0.39 is 0 Å². The van der Waals surface area contributed by atoms with Gasteiger partial charge in [-0.1, -0.05) is 41.9 Å². The van der Waals surface area contributed by atoms with Crippen molar-refractivity contribution in [3.8, 4) is 22.8 Å². The first-order valence-electron chi connectivity index (χ1n) is 11.1. The third kappa shape index (κ3) is 3.90. The molecule has 1 aromatic heterocycles. The van der Waals surface area contributed by atoms with Gasteiger partial charge in [0.1, 0.15) is 17.2 Å². The number of rotatable bonds is 7. The van der Waals surface area contributed by atoms with E-state index in [0.29, 0.717) is 23.9 Å². The molecule has 6 nitrogen and oxygen atoms in total. The van der Waals surface area contributed by atoms with Crippen LogP contribution in [-0.2, 0) is 6.54 Å². The second kappa shape index (κ2) is 9.23. The van der Waals surface area contributed by atoms with Crippen LogP contribution in [0.25, 0.3) is 11.3 Å². The number of aromatic nitrogens is 2. The second-order valence-electron chi connectivity index (χ2n) is 8.02. The number of carbonyl (C=O) groups is 1. The van der Waals surface area contributed by atoms with Gasteiger partial charge in [-0.25, -0.2) is 0 Å². The fraction of sp³-hybridized carbons (Fsp3) is 0.185. The lowest BCUT2D eigenvalue weighted by molar-refractivity contribution is 0.0730. The Morgan fingerprint density at radius 2 is 1.71 bits per heavy atom. The molecular formula is C27H24ClN3O3. The van der Waals surface area contributed by atoms with Gasteiger partial charge in [-0.3, -0.25) is 9.89 Å². The van der Waals surface area contributed by atoms with E-state index >= 15 is 0 Å². The summed E-state index contributed by atoms with van der Waals surface area (Å²) in [5, 5.41) is 8.16. The van der Waals surface area contributed by atoms with Crippen LogP contribution in [0.15, 0.2) is 72.8 Å². The molecule has 1 amide bonds. The van der Waals surface area contributed by atoms with Gasteiger partial charge in [0, 0.05) is 22.7 Å². The van der Waals surface area contributed by atoms with E-state index in [1.54, 1.807) is 7.11 Å². The number of H-pyrrole nitrogens is 1. The number of hydrogen-bond donors (Lipinski definition) is 1. The molecule has 0 saturated carbocycles. The van der Waals surface area contributed by atoms with E-state index in [-0.39, 0.29) is 11.9 Å². The van der Waals surface area contributed by atoms with E-state index in [4.69, 9.17) is 21.1 Å². The largest absolute Gasteiger partial charge is 0.497 e. The summed E-state index contributed by atoms with van der Waals surface area (Å²) >= 11 is 6.45. The van der Waals surface area contributed by atoms with Crippen molar-refractivity contribution in [2.24, 2.45) is 0 Å². The molecule has 0 spiro atoms. The molecule has 7 heteroatoms. The highest BCUT2D eigenvalue weighted by molar-refractivity contribution is 6.31. The van der Waals surface area contributed by atoms with Crippen LogP contribution in [-0.4, -0.2) is 34.7 Å². The SMILES string of the molecule is CCOc1ccc(C2c3c(-c4ccc(OC)cc4)n[nH]c3C(=O)N2Cc2ccccc2Cl)cc1. The average molecular weight is 474 g/mol. The highest BCUT2D eigenvalue weighted by Crippen LogP contribution is 2.44. The Morgan fingerprint density at radius 3 is 2.38 bits per heavy atom. The van der Waals surface area contributed by atoms with Gasteiger partial charge in [0.25, 0.3) is 5.91 Å². The van der Waals surface area contributed by atoms with Gasteiger partial charge in [-0.15, -0.1) is 0 Å². The van der Waals surface area contributed by atoms with Gasteiger partial charge in [0.15, 0.2) is 0 Å². The molecule has 1 aliphatic rings. The predicted molar refractivity (Wildman–Crippen MR) is 131 cm³/mol. The minimum Gasteiger partial charge on any atom is -0.497 e. The van der Waals surface area contributed by atoms with Crippen LogP contribution < -0.4 is 9.47 Å². The van der Waals surface area contributed by atoms with Crippen molar-refractivity contribution in [3.05, 3.63) is 100 Å². The van der Waals surface area contributed by atoms with Crippen LogP contribution in [0.3, 0.4) is 0 Å². The molecule has 0 fully saturated rings. The molecule has 0 radical (unpaired) electrons. The molecule has 172 valence electrons. The molecule has 2 heterocycles. The number of ether oxygens (including phenoxy) is 2. The van der Waals surface area contributed by atoms with Crippen LogP contribution in [0.4, 0.5) is 0 Å². The number of hydrogen-bond acceptors (Lipinski definition) is 4. The molecule has 0 bridgehead atoms. The number of carbonyl (C=O) groups excluding carboxylic acids is 1. The number of benzene rings is 3. The highest BCUT2D eigenvalue weighted by Gasteiger charge is 2.42. The van der Waals surface area contributed by atoms with Crippen LogP contribution in [0.5, 0.6) is 11.5 Å². The summed E-state index contributed by atoms with van der Waals surface area (Å²) in [5.41, 5.74) is 4.85. The minimum absolute atomic E-state index is 0.110. The van der Waals surface area contributed by atoms with E-state index in [2.05, 4.69) is 10.2 Å². The fourth-order valence-corrected chi connectivity index (χ4v) is 4.59. The lowest BCUT2D eigenvalue weighted by Gasteiger charge is -2.27. The van der Waals surface area contributed by atoms with E-state index in [0.717, 1.165) is 39.4 Å². The summed E-state index contributed by atoms with van der Waals surface area (Å²) in [5.74, 6) is 1.44. The Morgan fingerprint density at radius 1 is 1.00 bits per heavy atom. The number of nitrogens with one attached hydrogen (secondary N) is 1. The first-order valence-corrected chi connectivity index (χ1v) is 11.5. The summed E-state index contributed by atoms with van der Waals surface area (Å²) in [7, 11) is 1.63. The summed E-state index contributed by atoms with van der Waals surface area (Å²) in [6.07, 6.45) is 0. The van der Waals surface area contributed by atoms with Crippen molar-refractivity contribution in [3.63, 3.8) is 0 Å². The van der Waals surface area contributed by atoms with Crippen LogP contribution >= 0.6 is 11.6 Å². The van der Waals surface area contributed by atoms with Crippen molar-refractivity contribution in [2.75, 3.05) is 13.7 Å². The molecule has 0 saturated heterocycles. The highest BCUT2D eigenvalue weighted by atomic mass is 35.5. The third-order valence-corrected chi connectivity index (χ3v) is 6.40. The Kier molecular flexibility index (Phi) is 5.99. The van der Waals surface area contributed by atoms with Crippen molar-refractivity contribution < 1.29 is 14.3 Å². The maximum absolute atomic E-state index is 13.6. The Labute approximate surface area is 203 Å². The van der Waals surface area contributed by atoms with Crippen molar-refractivity contribution in [1.29, 1.82) is 0 Å². The number of amides is 1. The first-order chi connectivity index (χ1) is 16.6. The molecule has 1 atom stereocenters. The smallest absolute Gasteiger partial charge is 0.273 e. The maximum Gasteiger partial charge on any atom is 0.273 e. The topological polar surface area (TPSA) is 67.5 Å². The normalized spacial score (nSPS) is 14.9. The van der Waals surface area contributed by atoms with Crippen LogP contribution in [0.1, 0.15) is 40.1 Å². The van der Waals surface area contributed by atoms with E-state index in [9.17, 15) is 4.79 Å². The number of aromatic amines is 1. The van der Waals surface area contributed by atoms with Gasteiger partial charge < -0.3 is 14.4 Å². The number of fused-ring (bicyclic) bond motifs is 1. The molecule has 1 aliphatic heterocycles. The molecular weight excluding hydrogens is 450 g/mol. The molecule has 1 N–H and O–H groups in total. The molecule has 0 aliphatic carbocycles. The third-order valence-electron chi connectivity index (χ3n) is 6.03. The summed E-state index contributed by atoms with van der Waals surface area (Å²) in [4.78, 5) is 15.4. The number of halogens is 1. The monoisotopic (exact) mass is 473 g/mol. The van der Waals surface area contributed by atoms with Gasteiger partial charge in [-0.05, 0) is 60.5 Å². The molecule has 5 rings (SSSR count). The predicted octanol–water partition coefficient (Wildman–Crippen LogP) is 5.88. The number of methoxy groups -OCH3 is 1. The summed E-state index contributed by atoms with van der Waals surface area (Å²) < 4.78 is 10.9. The van der Waals surface area contributed by atoms with Crippen molar-refractivity contribution in [2.45, 2.75) is 19.5 Å². The van der Waals surface area contributed by atoms with Gasteiger partial charge in [-0.2, -0.15) is 5.10 Å². The zero-order valence-electron chi connectivity index (χ0n) is 18.9. The second-order valence-corrected chi connectivity index (χ2v) is 8.43. The van der Waals surface area contributed by atoms with Gasteiger partial charge >= 0.3 is 0 Å². The van der Waals surface area contributed by atoms with Crippen molar-refractivity contribution >= 4 is 17.5 Å². The zero-order chi connectivity index (χ0) is 23.7. The molecule has 34 heavy (non-hydrogen) atoms. The Balaban J connectivity index is 1.61. The molecule has 4 aromatic rings.